The first kappa shape index (κ1) is 51.6. The van der Waals surface area contributed by atoms with Gasteiger partial charge in [-0.25, -0.2) is 0 Å². The largest absolute Gasteiger partial charge is 0.453 e. The van der Waals surface area contributed by atoms with Gasteiger partial charge in [-0.05, 0) is 210 Å². The van der Waals surface area contributed by atoms with Crippen LogP contribution in [0.2, 0.25) is 0 Å². The minimum atomic E-state index is -0.0780. The van der Waals surface area contributed by atoms with E-state index in [0.29, 0.717) is 21.5 Å². The number of para-hydroxylation sites is 1. The highest BCUT2D eigenvalue weighted by Gasteiger charge is 2.29. The number of fused-ring (bicyclic) bond motifs is 14. The van der Waals surface area contributed by atoms with Crippen LogP contribution < -0.4 is 20.5 Å². The number of nitrogens with zero attached hydrogens (tertiary/aromatic N) is 2. The minimum absolute atomic E-state index is 0.0734. The van der Waals surface area contributed by atoms with Crippen molar-refractivity contribution in [2.24, 2.45) is 0 Å². The topological polar surface area (TPSA) is 67.3 Å². The molecule has 0 aliphatic carbocycles. The Hall–Kier alpha value is -12.4. The Kier molecular flexibility index (Phi) is 11.3. The quantitative estimate of drug-likeness (QED) is 0.165. The van der Waals surface area contributed by atoms with Crippen molar-refractivity contribution in [3.8, 4) is 83.9 Å². The first-order chi connectivity index (χ1) is 45.4. The molecular formula is C86H51N3O3. The molecule has 0 saturated carbocycles. The monoisotopic (exact) mass is 1170 g/mol. The van der Waals surface area contributed by atoms with E-state index in [4.69, 9.17) is 4.74 Å². The lowest BCUT2D eigenvalue weighted by atomic mass is 9.92. The molecule has 0 bridgehead atoms. The average Bonchev–Trinajstić information content (AvgIpc) is 1.55. The molecule has 92 heavy (non-hydrogen) atoms. The van der Waals surface area contributed by atoms with Crippen LogP contribution in [-0.4, -0.2) is 9.55 Å². The number of H-pyrrole nitrogens is 1. The van der Waals surface area contributed by atoms with Crippen molar-refractivity contribution in [1.29, 1.82) is 0 Å². The van der Waals surface area contributed by atoms with Gasteiger partial charge in [0.25, 0.3) is 0 Å². The minimum Gasteiger partial charge on any atom is -0.453 e. The normalized spacial score (nSPS) is 12.3. The SMILES string of the molecule is O=c1c2ccc(N3c4cc(-c5ccccc5)ccc4Oc4ccc(-c5ccccc5)cc43)cc2c2cc3c(=O)c4cc(-c5ccc6[nH]c7ccc(-c8ccccc8)cc7c6c5)cc(-c5ccc6c(c5)c5cc(-c7ccccc7)ccc5n6-c5ccccc5)c4c3cc12. The van der Waals surface area contributed by atoms with Crippen LogP contribution in [0.1, 0.15) is 0 Å². The smallest absolute Gasteiger partial charge is 0.194 e. The molecule has 0 unspecified atom stereocenters. The fourth-order valence-electron chi connectivity index (χ4n) is 14.7. The van der Waals surface area contributed by atoms with Gasteiger partial charge in [-0.3, -0.25) is 9.59 Å². The maximum Gasteiger partial charge on any atom is 0.194 e. The van der Waals surface area contributed by atoms with E-state index in [1.165, 1.54) is 0 Å². The number of benzene rings is 14. The molecule has 6 heteroatoms. The van der Waals surface area contributed by atoms with Gasteiger partial charge >= 0.3 is 0 Å². The summed E-state index contributed by atoms with van der Waals surface area (Å²) in [5, 5.41) is 9.86. The van der Waals surface area contributed by atoms with Gasteiger partial charge in [0.15, 0.2) is 22.4 Å². The van der Waals surface area contributed by atoms with E-state index in [-0.39, 0.29) is 10.9 Å². The summed E-state index contributed by atoms with van der Waals surface area (Å²) in [5.74, 6) is 1.43. The van der Waals surface area contributed by atoms with Crippen LogP contribution in [0.4, 0.5) is 17.1 Å². The summed E-state index contributed by atoms with van der Waals surface area (Å²) < 4.78 is 9.09. The summed E-state index contributed by atoms with van der Waals surface area (Å²) >= 11 is 0. The molecule has 1 N–H and O–H groups in total. The van der Waals surface area contributed by atoms with Crippen molar-refractivity contribution >= 4 is 104 Å². The molecule has 0 spiro atoms. The van der Waals surface area contributed by atoms with Crippen molar-refractivity contribution in [2.75, 3.05) is 4.90 Å². The second-order valence-electron chi connectivity index (χ2n) is 24.3. The molecule has 6 nitrogen and oxygen atoms in total. The lowest BCUT2D eigenvalue weighted by Gasteiger charge is -2.33. The van der Waals surface area contributed by atoms with E-state index in [9.17, 15) is 0 Å². The van der Waals surface area contributed by atoms with E-state index in [0.717, 1.165) is 166 Å². The lowest BCUT2D eigenvalue weighted by Crippen LogP contribution is -2.16. The summed E-state index contributed by atoms with van der Waals surface area (Å²) in [7, 11) is 0. The molecule has 16 aromatic carbocycles. The summed E-state index contributed by atoms with van der Waals surface area (Å²) in [5.41, 5.74) is 20.4. The number of aromatic amines is 1. The predicted molar refractivity (Wildman–Crippen MR) is 382 cm³/mol. The van der Waals surface area contributed by atoms with Crippen LogP contribution in [0.25, 0.3) is 159 Å². The van der Waals surface area contributed by atoms with Gasteiger partial charge in [-0.2, -0.15) is 0 Å². The van der Waals surface area contributed by atoms with Gasteiger partial charge in [0.05, 0.1) is 22.4 Å². The number of rotatable bonds is 8. The van der Waals surface area contributed by atoms with E-state index >= 15 is 9.59 Å². The zero-order valence-electron chi connectivity index (χ0n) is 49.5. The Bertz CT molecular complexity index is 6090. The summed E-state index contributed by atoms with van der Waals surface area (Å²) in [6, 6.07) is 106. The third kappa shape index (κ3) is 8.00. The molecule has 18 aromatic rings. The molecule has 2 aromatic heterocycles. The highest BCUT2D eigenvalue weighted by molar-refractivity contribution is 6.26. The summed E-state index contributed by atoms with van der Waals surface area (Å²) in [6.45, 7) is 0. The molecular weight excluding hydrogens is 1120 g/mol. The number of hydrogen-bond acceptors (Lipinski definition) is 4. The van der Waals surface area contributed by atoms with Crippen molar-refractivity contribution in [2.45, 2.75) is 0 Å². The van der Waals surface area contributed by atoms with Crippen LogP contribution in [-0.2, 0) is 0 Å². The Balaban J connectivity index is 0.839. The first-order valence-electron chi connectivity index (χ1n) is 31.2. The molecule has 0 radical (unpaired) electrons. The van der Waals surface area contributed by atoms with Crippen LogP contribution in [0, 0.1) is 0 Å². The molecule has 3 heterocycles. The van der Waals surface area contributed by atoms with Crippen molar-refractivity contribution < 1.29 is 4.74 Å². The highest BCUT2D eigenvalue weighted by atomic mass is 16.5. The molecule has 0 saturated heterocycles. The molecule has 1 aliphatic rings. The Morgan fingerprint density at radius 3 is 1.25 bits per heavy atom. The number of anilines is 3. The van der Waals surface area contributed by atoms with E-state index in [2.05, 4.69) is 263 Å². The zero-order valence-corrected chi connectivity index (χ0v) is 49.5. The van der Waals surface area contributed by atoms with Crippen LogP contribution in [0.5, 0.6) is 11.5 Å². The van der Waals surface area contributed by atoms with E-state index in [1.54, 1.807) is 0 Å². The van der Waals surface area contributed by atoms with Gasteiger partial charge < -0.3 is 19.2 Å². The third-order valence-corrected chi connectivity index (χ3v) is 19.2. The molecule has 0 fully saturated rings. The standard InChI is InChI=1S/C86H51N3O3/c90-85-64-33-32-63(89-80-46-58(53-20-10-3-11-21-53)30-38-82(80)92-83-39-31-59(47-81(83)89)54-22-12-4-13-23-54)48-66(64)67-49-74-72(50-73(67)85)84-65(60-29-37-79-71(43-60)70-42-56(52-18-8-2-9-19-52)28-36-78(70)88(79)62-24-14-5-15-25-62)44-61(45-75(84)86(74)91)57-27-35-77-69(41-57)68-40-55(26-34-76(68)87-77)51-16-6-1-7-17-51/h1-50,87H. The van der Waals surface area contributed by atoms with Crippen LogP contribution in [0.3, 0.4) is 0 Å². The average molecular weight is 1170 g/mol. The van der Waals surface area contributed by atoms with Crippen molar-refractivity contribution in [1.82, 2.24) is 9.55 Å². The van der Waals surface area contributed by atoms with E-state index in [1.807, 2.05) is 54.6 Å². The van der Waals surface area contributed by atoms with Crippen LogP contribution in [0.15, 0.2) is 313 Å². The van der Waals surface area contributed by atoms with Gasteiger partial charge in [-0.15, -0.1) is 0 Å². The van der Waals surface area contributed by atoms with Gasteiger partial charge in [0.1, 0.15) is 0 Å². The molecule has 19 rings (SSSR count). The van der Waals surface area contributed by atoms with Crippen LogP contribution >= 0.6 is 0 Å². The Morgan fingerprint density at radius 1 is 0.261 bits per heavy atom. The number of ether oxygens (including phenoxy) is 1. The van der Waals surface area contributed by atoms with Gasteiger partial charge in [0.2, 0.25) is 0 Å². The Morgan fingerprint density at radius 2 is 0.685 bits per heavy atom. The zero-order chi connectivity index (χ0) is 60.7. The van der Waals surface area contributed by atoms with E-state index < -0.39 is 0 Å². The maximum absolute atomic E-state index is 15.9. The van der Waals surface area contributed by atoms with Crippen molar-refractivity contribution in [3.05, 3.63) is 324 Å². The summed E-state index contributed by atoms with van der Waals surface area (Å²) in [4.78, 5) is 37.0. The number of aromatic nitrogens is 2. The highest BCUT2D eigenvalue weighted by Crippen LogP contribution is 2.53. The maximum atomic E-state index is 15.9. The predicted octanol–water partition coefficient (Wildman–Crippen LogP) is 22.2. The summed E-state index contributed by atoms with van der Waals surface area (Å²) in [6.07, 6.45) is 0. The molecule has 0 atom stereocenters. The number of nitrogens with one attached hydrogen (secondary N) is 1. The molecule has 428 valence electrons. The molecule has 0 amide bonds. The van der Waals surface area contributed by atoms with Gasteiger partial charge in [0, 0.05) is 70.9 Å². The lowest BCUT2D eigenvalue weighted by molar-refractivity contribution is 0.477. The fraction of sp³-hybridized carbons (Fsp3) is 0. The second-order valence-corrected chi connectivity index (χ2v) is 24.3. The third-order valence-electron chi connectivity index (χ3n) is 19.2. The first-order valence-corrected chi connectivity index (χ1v) is 31.2. The van der Waals surface area contributed by atoms with Crippen molar-refractivity contribution in [3.63, 3.8) is 0 Å². The number of hydrogen-bond donors (Lipinski definition) is 1. The fourth-order valence-corrected chi connectivity index (χ4v) is 14.7. The Labute approximate surface area is 527 Å². The molecule has 1 aliphatic heterocycles. The second kappa shape index (κ2) is 20.1. The van der Waals surface area contributed by atoms with Gasteiger partial charge in [-0.1, -0.05) is 176 Å².